The molecule has 3 amide bonds. The standard InChI is InChI=1S/C44H48N4O4S/c49-34-11-13-36-32(24-34)8-12-35(29-4-2-1-3-5-29)42(36)31-6-9-33(10-7-31)47-22-16-28(17-23-47)26-46-20-18-30(19-21-46)39-25-37-40(53-39)27-48(44(37)52)38-14-15-41(50)45-43(38)51/h1-7,9-11,13,24-25,28,30,35,38,42,49H,8,12,14-23,26-27H2,(H,45,50,51)/t35-,38?,42+/m1/s1. The summed E-state index contributed by atoms with van der Waals surface area (Å²) in [5, 5.41) is 12.6. The zero-order valence-electron chi connectivity index (χ0n) is 30.2. The van der Waals surface area contributed by atoms with Gasteiger partial charge in [0.1, 0.15) is 11.8 Å². The molecule has 0 spiro atoms. The van der Waals surface area contributed by atoms with Gasteiger partial charge in [-0.2, -0.15) is 0 Å². The number of imide groups is 1. The van der Waals surface area contributed by atoms with Crippen molar-refractivity contribution in [2.45, 2.75) is 81.7 Å². The van der Waals surface area contributed by atoms with Crippen molar-refractivity contribution >= 4 is 34.7 Å². The van der Waals surface area contributed by atoms with Crippen LogP contribution >= 0.6 is 11.3 Å². The van der Waals surface area contributed by atoms with Gasteiger partial charge in [0.15, 0.2) is 0 Å². The summed E-state index contributed by atoms with van der Waals surface area (Å²) in [6.07, 6.45) is 7.40. The molecule has 4 aliphatic heterocycles. The van der Waals surface area contributed by atoms with Crippen molar-refractivity contribution in [3.63, 3.8) is 0 Å². The minimum absolute atomic E-state index is 0.0645. The highest BCUT2D eigenvalue weighted by molar-refractivity contribution is 7.12. The van der Waals surface area contributed by atoms with Crippen LogP contribution in [0.4, 0.5) is 5.69 Å². The number of anilines is 1. The Morgan fingerprint density at radius 3 is 2.28 bits per heavy atom. The Balaban J connectivity index is 0.775. The number of carbonyl (C=O) groups is 3. The predicted octanol–water partition coefficient (Wildman–Crippen LogP) is 7.17. The van der Waals surface area contributed by atoms with E-state index in [4.69, 9.17) is 0 Å². The average molecular weight is 729 g/mol. The number of hydrogen-bond donors (Lipinski definition) is 2. The first-order valence-electron chi connectivity index (χ1n) is 19.6. The summed E-state index contributed by atoms with van der Waals surface area (Å²) < 4.78 is 0. The van der Waals surface area contributed by atoms with Gasteiger partial charge in [-0.05, 0) is 128 Å². The Kier molecular flexibility index (Phi) is 9.32. The number of nitrogens with zero attached hydrogens (tertiary/aromatic N) is 3. The fourth-order valence-corrected chi connectivity index (χ4v) is 11.2. The van der Waals surface area contributed by atoms with Crippen molar-refractivity contribution in [3.8, 4) is 5.75 Å². The first-order chi connectivity index (χ1) is 25.9. The molecule has 9 heteroatoms. The molecule has 1 unspecified atom stereocenters. The highest BCUT2D eigenvalue weighted by Crippen LogP contribution is 2.47. The number of phenolic OH excluding ortho intramolecular Hbond substituents is 1. The van der Waals surface area contributed by atoms with Crippen molar-refractivity contribution < 1.29 is 19.5 Å². The molecule has 5 aliphatic rings. The number of benzene rings is 3. The molecular weight excluding hydrogens is 681 g/mol. The number of phenols is 1. The fourth-order valence-electron chi connectivity index (χ4n) is 9.87. The van der Waals surface area contributed by atoms with E-state index in [1.54, 1.807) is 16.2 Å². The minimum Gasteiger partial charge on any atom is -0.508 e. The predicted molar refractivity (Wildman–Crippen MR) is 208 cm³/mol. The number of nitrogens with one attached hydrogen (secondary N) is 1. The molecule has 2 N–H and O–H groups in total. The van der Waals surface area contributed by atoms with Crippen LogP contribution in [0.2, 0.25) is 0 Å². The molecular formula is C44H48N4O4S. The SMILES string of the molecule is O=C1CCC(N2Cc3sc(C4CCN(CC5CCN(c6ccc([C@@H]7c8ccc(O)cc8CC[C@@H]7c7ccccc7)cc6)CC5)CC4)cc3C2=O)C(=O)N1. The van der Waals surface area contributed by atoms with Crippen molar-refractivity contribution in [2.75, 3.05) is 37.6 Å². The normalized spacial score (nSPS) is 24.3. The average Bonchev–Trinajstić information content (AvgIpc) is 3.74. The molecule has 1 aliphatic carbocycles. The monoisotopic (exact) mass is 728 g/mol. The maximum absolute atomic E-state index is 13.2. The van der Waals surface area contributed by atoms with Crippen LogP contribution in [-0.2, 0) is 22.6 Å². The van der Waals surface area contributed by atoms with Crippen LogP contribution in [0.5, 0.6) is 5.75 Å². The summed E-state index contributed by atoms with van der Waals surface area (Å²) >= 11 is 1.75. The largest absolute Gasteiger partial charge is 0.508 e. The lowest BCUT2D eigenvalue weighted by atomic mass is 9.69. The van der Waals surface area contributed by atoms with Gasteiger partial charge in [-0.1, -0.05) is 48.5 Å². The zero-order valence-corrected chi connectivity index (χ0v) is 31.0. The second kappa shape index (κ2) is 14.4. The van der Waals surface area contributed by atoms with E-state index >= 15 is 0 Å². The van der Waals surface area contributed by atoms with Gasteiger partial charge in [0.05, 0.1) is 12.1 Å². The van der Waals surface area contributed by atoms with E-state index in [0.717, 1.165) is 68.8 Å². The van der Waals surface area contributed by atoms with E-state index in [9.17, 15) is 19.5 Å². The number of fused-ring (bicyclic) bond motifs is 2. The summed E-state index contributed by atoms with van der Waals surface area (Å²) in [7, 11) is 0. The van der Waals surface area contributed by atoms with Crippen LogP contribution in [0, 0.1) is 5.92 Å². The van der Waals surface area contributed by atoms with Gasteiger partial charge in [-0.3, -0.25) is 19.7 Å². The Morgan fingerprint density at radius 2 is 1.55 bits per heavy atom. The van der Waals surface area contributed by atoms with Crippen molar-refractivity contribution in [1.29, 1.82) is 0 Å². The summed E-state index contributed by atoms with van der Waals surface area (Å²) in [5.41, 5.74) is 7.42. The maximum atomic E-state index is 13.2. The minimum atomic E-state index is -0.547. The van der Waals surface area contributed by atoms with E-state index in [1.807, 2.05) is 12.1 Å². The molecule has 0 bridgehead atoms. The Hall–Kier alpha value is -4.47. The van der Waals surface area contributed by atoms with Crippen molar-refractivity contribution in [1.82, 2.24) is 15.1 Å². The highest BCUT2D eigenvalue weighted by Gasteiger charge is 2.41. The zero-order chi connectivity index (χ0) is 36.1. The lowest BCUT2D eigenvalue weighted by Gasteiger charge is -2.38. The van der Waals surface area contributed by atoms with Gasteiger partial charge in [-0.25, -0.2) is 0 Å². The van der Waals surface area contributed by atoms with E-state index in [2.05, 4.69) is 81.8 Å². The number of carbonyl (C=O) groups excluding carboxylic acids is 3. The first kappa shape index (κ1) is 34.3. The fraction of sp³-hybridized carbons (Fsp3) is 0.432. The third-order valence-corrected chi connectivity index (χ3v) is 14.1. The smallest absolute Gasteiger partial charge is 0.256 e. The van der Waals surface area contributed by atoms with Gasteiger partial charge < -0.3 is 19.8 Å². The maximum Gasteiger partial charge on any atom is 0.256 e. The number of piperidine rings is 3. The third kappa shape index (κ3) is 6.78. The molecule has 53 heavy (non-hydrogen) atoms. The number of aryl methyl sites for hydroxylation is 1. The Morgan fingerprint density at radius 1 is 0.774 bits per heavy atom. The number of hydrogen-bond acceptors (Lipinski definition) is 7. The van der Waals surface area contributed by atoms with E-state index in [1.165, 1.54) is 45.7 Å². The molecule has 274 valence electrons. The molecule has 0 radical (unpaired) electrons. The second-order valence-electron chi connectivity index (χ2n) is 15.9. The van der Waals surface area contributed by atoms with Crippen molar-refractivity contribution in [2.24, 2.45) is 5.92 Å². The quantitative estimate of drug-likeness (QED) is 0.196. The third-order valence-electron chi connectivity index (χ3n) is 12.8. The summed E-state index contributed by atoms with van der Waals surface area (Å²) in [4.78, 5) is 46.5. The molecule has 3 atom stereocenters. The summed E-state index contributed by atoms with van der Waals surface area (Å²) in [6.45, 7) is 6.00. The van der Waals surface area contributed by atoms with Crippen LogP contribution in [0.3, 0.4) is 0 Å². The second-order valence-corrected chi connectivity index (χ2v) is 17.1. The van der Waals surface area contributed by atoms with Gasteiger partial charge in [0.25, 0.3) is 5.91 Å². The van der Waals surface area contributed by atoms with E-state index in [-0.39, 0.29) is 30.1 Å². The Labute approximate surface area is 315 Å². The molecule has 1 aromatic heterocycles. The number of aromatic hydroxyl groups is 1. The number of rotatable bonds is 7. The molecule has 8 nitrogen and oxygen atoms in total. The molecule has 3 saturated heterocycles. The van der Waals surface area contributed by atoms with Crippen LogP contribution in [0.1, 0.15) is 105 Å². The van der Waals surface area contributed by atoms with Crippen LogP contribution < -0.4 is 10.2 Å². The van der Waals surface area contributed by atoms with E-state index < -0.39 is 6.04 Å². The van der Waals surface area contributed by atoms with Crippen LogP contribution in [0.15, 0.2) is 78.9 Å². The summed E-state index contributed by atoms with van der Waals surface area (Å²) in [6, 6.07) is 27.8. The van der Waals surface area contributed by atoms with Gasteiger partial charge in [0.2, 0.25) is 11.8 Å². The molecule has 0 saturated carbocycles. The molecule has 3 fully saturated rings. The van der Waals surface area contributed by atoms with Gasteiger partial charge in [-0.15, -0.1) is 11.3 Å². The van der Waals surface area contributed by atoms with Crippen LogP contribution in [-0.4, -0.2) is 71.4 Å². The topological polar surface area (TPSA) is 93.2 Å². The first-order valence-corrected chi connectivity index (χ1v) is 20.4. The molecule has 4 aromatic rings. The number of likely N-dealkylation sites (tertiary alicyclic amines) is 1. The van der Waals surface area contributed by atoms with Gasteiger partial charge in [0, 0.05) is 47.4 Å². The molecule has 5 heterocycles. The van der Waals surface area contributed by atoms with Gasteiger partial charge >= 0.3 is 0 Å². The molecule has 3 aromatic carbocycles. The van der Waals surface area contributed by atoms with Crippen LogP contribution in [0.25, 0.3) is 0 Å². The highest BCUT2D eigenvalue weighted by atomic mass is 32.1. The number of amides is 3. The van der Waals surface area contributed by atoms with E-state index in [0.29, 0.717) is 36.5 Å². The van der Waals surface area contributed by atoms with Crippen molar-refractivity contribution in [3.05, 3.63) is 116 Å². The number of thiophene rings is 1. The Bertz CT molecular complexity index is 2000. The molecule has 9 rings (SSSR count). The lowest BCUT2D eigenvalue weighted by Crippen LogP contribution is -2.52. The summed E-state index contributed by atoms with van der Waals surface area (Å²) in [5.74, 6) is 1.57. The lowest BCUT2D eigenvalue weighted by molar-refractivity contribution is -0.136.